The van der Waals surface area contributed by atoms with Gasteiger partial charge in [0, 0.05) is 10.8 Å². The van der Waals surface area contributed by atoms with Crippen molar-refractivity contribution in [1.29, 1.82) is 0 Å². The molecule has 3 N–H and O–H groups in total. The standard InChI is InChI=1S/C25H54NO10S/c1-2-3-4-5-6-7-8-9-10-11-12-13-29-14-15-30-16-17-31-18-19-32-20-21-33-22-23-34-24-25-35-37(27,28)36-26/h2-25H2,1,26H3/q+2. The highest BCUT2D eigenvalue weighted by molar-refractivity contribution is 7.88. The minimum absolute atomic E-state index is 0.107. The molecule has 0 aromatic heterocycles. The minimum Gasteiger partial charge on any atom is -0.379 e. The van der Waals surface area contributed by atoms with E-state index in [2.05, 4.69) is 21.3 Å². The summed E-state index contributed by atoms with van der Waals surface area (Å²) in [6, 6.07) is 0. The first-order valence-corrected chi connectivity index (χ1v) is 15.2. The summed E-state index contributed by atoms with van der Waals surface area (Å²) in [7, 11) is -4.01. The van der Waals surface area contributed by atoms with Gasteiger partial charge in [-0.25, -0.2) is 0 Å². The Kier molecular flexibility index (Phi) is 30.1. The molecular weight excluding hydrogens is 506 g/mol. The van der Waals surface area contributed by atoms with Crippen molar-refractivity contribution in [2.24, 2.45) is 0 Å². The van der Waals surface area contributed by atoms with Gasteiger partial charge in [0.1, 0.15) is 11.2 Å². The Morgan fingerprint density at radius 1 is 0.459 bits per heavy atom. The summed E-state index contributed by atoms with van der Waals surface area (Å²) in [5.41, 5.74) is 0. The van der Waals surface area contributed by atoms with Gasteiger partial charge in [-0.1, -0.05) is 71.1 Å². The average molecular weight is 561 g/mol. The van der Waals surface area contributed by atoms with Gasteiger partial charge in [0.15, 0.2) is 0 Å². The monoisotopic (exact) mass is 560 g/mol. The Bertz CT molecular complexity index is 490. The van der Waals surface area contributed by atoms with Crippen molar-refractivity contribution in [3.8, 4) is 0 Å². The summed E-state index contributed by atoms with van der Waals surface area (Å²) in [4.78, 5) is 0. The van der Waals surface area contributed by atoms with Crippen LogP contribution < -0.4 is 5.90 Å². The molecule has 0 spiro atoms. The quantitative estimate of drug-likeness (QED) is 0.0746. The van der Waals surface area contributed by atoms with E-state index in [1.807, 2.05) is 0 Å². The maximum Gasteiger partial charge on any atom is 0.597 e. The van der Waals surface area contributed by atoms with Crippen LogP contribution in [0.1, 0.15) is 77.6 Å². The predicted molar refractivity (Wildman–Crippen MR) is 140 cm³/mol. The zero-order valence-electron chi connectivity index (χ0n) is 23.2. The van der Waals surface area contributed by atoms with Crippen LogP contribution in [0.5, 0.6) is 0 Å². The fourth-order valence-electron chi connectivity index (χ4n) is 3.30. The first kappa shape index (κ1) is 36.8. The number of quaternary nitrogens is 1. The normalized spacial score (nSPS) is 13.3. The maximum absolute atomic E-state index is 10.8. The van der Waals surface area contributed by atoms with Crippen LogP contribution in [0.4, 0.5) is 0 Å². The number of hydrogen-bond donors (Lipinski definition) is 1. The lowest BCUT2D eigenvalue weighted by Gasteiger charge is -2.08. The van der Waals surface area contributed by atoms with E-state index in [0.717, 1.165) is 13.0 Å². The molecule has 0 fully saturated rings. The van der Waals surface area contributed by atoms with Crippen molar-refractivity contribution in [2.75, 3.05) is 85.9 Å². The Labute approximate surface area is 225 Å². The molecule has 1 atom stereocenters. The molecule has 0 bridgehead atoms. The van der Waals surface area contributed by atoms with Crippen LogP contribution in [0.2, 0.25) is 0 Å². The number of ether oxygens (including phenoxy) is 6. The van der Waals surface area contributed by atoms with Gasteiger partial charge in [0.25, 0.3) is 0 Å². The molecule has 37 heavy (non-hydrogen) atoms. The van der Waals surface area contributed by atoms with Crippen molar-refractivity contribution < 1.29 is 51.5 Å². The minimum atomic E-state index is -4.01. The summed E-state index contributed by atoms with van der Waals surface area (Å²) >= 11 is 0. The molecule has 223 valence electrons. The third-order valence-electron chi connectivity index (χ3n) is 5.35. The van der Waals surface area contributed by atoms with E-state index in [9.17, 15) is 8.76 Å². The molecule has 0 rings (SSSR count). The summed E-state index contributed by atoms with van der Waals surface area (Å²) in [6.07, 6.45) is 14.8. The van der Waals surface area contributed by atoms with Gasteiger partial charge in [-0.15, -0.1) is 4.18 Å². The fourth-order valence-corrected chi connectivity index (χ4v) is 3.64. The highest BCUT2D eigenvalue weighted by Crippen LogP contribution is 2.11. The average Bonchev–Trinajstić information content (AvgIpc) is 2.89. The first-order valence-electron chi connectivity index (χ1n) is 13.9. The van der Waals surface area contributed by atoms with Crippen LogP contribution in [0.3, 0.4) is 0 Å². The number of hydrogen-bond acceptors (Lipinski definition) is 9. The number of unbranched alkanes of at least 4 members (excludes halogenated alkanes) is 10. The van der Waals surface area contributed by atoms with Gasteiger partial charge < -0.3 is 28.4 Å². The third-order valence-corrected chi connectivity index (χ3v) is 6.10. The SMILES string of the molecule is CCCCCCCCCCCCCOCCOCCOCCOCCOCCOCCO[S+]([O])(=O)O[NH3+]. The fraction of sp³-hybridized carbons (Fsp3) is 1.00. The molecule has 1 radical (unpaired) electrons. The van der Waals surface area contributed by atoms with E-state index in [0.29, 0.717) is 66.1 Å². The molecule has 0 aliphatic carbocycles. The van der Waals surface area contributed by atoms with Crippen molar-refractivity contribution in [1.82, 2.24) is 0 Å². The van der Waals surface area contributed by atoms with Gasteiger partial charge in [0.2, 0.25) is 0 Å². The van der Waals surface area contributed by atoms with Crippen molar-refractivity contribution in [2.45, 2.75) is 77.6 Å². The lowest BCUT2D eigenvalue weighted by molar-refractivity contribution is -0.640. The van der Waals surface area contributed by atoms with Crippen molar-refractivity contribution >= 4 is 10.8 Å². The molecule has 0 aliphatic heterocycles. The van der Waals surface area contributed by atoms with Gasteiger partial charge in [-0.3, -0.25) is 0 Å². The zero-order chi connectivity index (χ0) is 27.1. The van der Waals surface area contributed by atoms with Gasteiger partial charge in [-0.2, -0.15) is 5.90 Å². The second-order valence-corrected chi connectivity index (χ2v) is 9.85. The summed E-state index contributed by atoms with van der Waals surface area (Å²) in [6.45, 7) is 7.93. The molecule has 11 nitrogen and oxygen atoms in total. The lowest BCUT2D eigenvalue weighted by atomic mass is 10.1. The molecule has 0 saturated heterocycles. The second kappa shape index (κ2) is 30.3. The summed E-state index contributed by atoms with van der Waals surface area (Å²) in [5.74, 6) is 2.77. The molecule has 0 heterocycles. The third kappa shape index (κ3) is 31.9. The molecule has 0 amide bonds. The summed E-state index contributed by atoms with van der Waals surface area (Å²) < 4.78 is 62.4. The molecule has 12 heteroatoms. The first-order chi connectivity index (χ1) is 18.1. The Balaban J connectivity index is 3.06. The highest BCUT2D eigenvalue weighted by Gasteiger charge is 2.35. The second-order valence-electron chi connectivity index (χ2n) is 8.56. The van der Waals surface area contributed by atoms with Crippen LogP contribution >= 0.6 is 0 Å². The van der Waals surface area contributed by atoms with E-state index >= 15 is 0 Å². The molecule has 0 aromatic carbocycles. The Morgan fingerprint density at radius 2 is 0.757 bits per heavy atom. The molecule has 0 aliphatic rings. The van der Waals surface area contributed by atoms with Gasteiger partial charge >= 0.3 is 10.8 Å². The van der Waals surface area contributed by atoms with Crippen LogP contribution in [-0.2, 0) is 56.4 Å². The van der Waals surface area contributed by atoms with E-state index in [1.54, 1.807) is 0 Å². The topological polar surface area (TPSA) is 138 Å². The van der Waals surface area contributed by atoms with Crippen molar-refractivity contribution in [3.63, 3.8) is 0 Å². The number of rotatable bonds is 32. The van der Waals surface area contributed by atoms with Gasteiger partial charge in [0.05, 0.1) is 77.0 Å². The predicted octanol–water partition coefficient (Wildman–Crippen LogP) is 3.26. The van der Waals surface area contributed by atoms with Crippen LogP contribution in [-0.4, -0.2) is 85.9 Å². The van der Waals surface area contributed by atoms with E-state index in [1.165, 1.54) is 64.2 Å². The molecule has 1 unspecified atom stereocenters. The van der Waals surface area contributed by atoms with Gasteiger partial charge in [-0.05, 0) is 6.42 Å². The van der Waals surface area contributed by atoms with Crippen LogP contribution in [0.15, 0.2) is 0 Å². The zero-order valence-corrected chi connectivity index (χ0v) is 24.0. The van der Waals surface area contributed by atoms with E-state index in [-0.39, 0.29) is 13.2 Å². The van der Waals surface area contributed by atoms with Crippen molar-refractivity contribution in [3.05, 3.63) is 0 Å². The van der Waals surface area contributed by atoms with Crippen LogP contribution in [0.25, 0.3) is 0 Å². The molecule has 0 aromatic rings. The molecule has 0 saturated carbocycles. The maximum atomic E-state index is 10.8. The summed E-state index contributed by atoms with van der Waals surface area (Å²) in [5, 5.41) is 0. The largest absolute Gasteiger partial charge is 0.597 e. The van der Waals surface area contributed by atoms with Crippen LogP contribution in [0, 0.1) is 0 Å². The van der Waals surface area contributed by atoms with E-state index < -0.39 is 10.8 Å². The lowest BCUT2D eigenvalue weighted by Crippen LogP contribution is -2.53. The van der Waals surface area contributed by atoms with E-state index in [4.69, 9.17) is 28.4 Å². The smallest absolute Gasteiger partial charge is 0.379 e. The molecular formula is C25H54NO10S+2. The Hall–Kier alpha value is -0.250. The Morgan fingerprint density at radius 3 is 1.11 bits per heavy atom. The highest BCUT2D eigenvalue weighted by atomic mass is 32.3.